The Labute approximate surface area is 145 Å². The van der Waals surface area contributed by atoms with Crippen LogP contribution in [0.25, 0.3) is 5.69 Å². The number of halogens is 2. The molecule has 0 atom stereocenters. The van der Waals surface area contributed by atoms with E-state index in [1.807, 2.05) is 30.3 Å². The first-order valence-corrected chi connectivity index (χ1v) is 8.94. The van der Waals surface area contributed by atoms with Gasteiger partial charge >= 0.3 is 0 Å². The number of para-hydroxylation sites is 1. The Balaban J connectivity index is 1.78. The lowest BCUT2D eigenvalue weighted by atomic mass is 10.2. The second-order valence-corrected chi connectivity index (χ2v) is 7.66. The van der Waals surface area contributed by atoms with Crippen molar-refractivity contribution in [3.05, 3.63) is 68.9 Å². The minimum Gasteiger partial charge on any atom is -0.211 e. The summed E-state index contributed by atoms with van der Waals surface area (Å²) in [7, 11) is 0. The van der Waals surface area contributed by atoms with E-state index in [0.717, 1.165) is 15.6 Å². The van der Waals surface area contributed by atoms with Gasteiger partial charge in [0.2, 0.25) is 0 Å². The molecule has 0 unspecified atom stereocenters. The lowest BCUT2D eigenvalue weighted by Gasteiger charge is -2.02. The van der Waals surface area contributed by atoms with E-state index >= 15 is 0 Å². The topological polar surface area (TPSA) is 17.8 Å². The van der Waals surface area contributed by atoms with E-state index in [9.17, 15) is 4.39 Å². The van der Waals surface area contributed by atoms with Crippen molar-refractivity contribution in [3.8, 4) is 5.69 Å². The largest absolute Gasteiger partial charge is 0.211 e. The molecule has 1 heterocycles. The van der Waals surface area contributed by atoms with E-state index in [4.69, 9.17) is 23.8 Å². The Bertz CT molecular complexity index is 845. The maximum Gasteiger partial charge on any atom is 0.184 e. The third kappa shape index (κ3) is 3.57. The van der Waals surface area contributed by atoms with Crippen LogP contribution in [-0.2, 0) is 5.75 Å². The van der Waals surface area contributed by atoms with Crippen LogP contribution < -0.4 is 0 Å². The Morgan fingerprint density at radius 2 is 2.00 bits per heavy atom. The van der Waals surface area contributed by atoms with E-state index in [1.54, 1.807) is 10.7 Å². The molecule has 2 aromatic carbocycles. The van der Waals surface area contributed by atoms with E-state index in [2.05, 4.69) is 5.10 Å². The molecule has 0 amide bonds. The zero-order valence-corrected chi connectivity index (χ0v) is 14.4. The van der Waals surface area contributed by atoms with Gasteiger partial charge in [-0.2, -0.15) is 0 Å². The second-order valence-electron chi connectivity index (χ2n) is 4.41. The average Bonchev–Trinajstić information content (AvgIpc) is 2.88. The normalized spacial score (nSPS) is 10.8. The molecule has 7 heteroatoms. The fourth-order valence-corrected chi connectivity index (χ4v) is 4.51. The van der Waals surface area contributed by atoms with Crippen molar-refractivity contribution in [1.82, 2.24) is 9.78 Å². The zero-order valence-electron chi connectivity index (χ0n) is 11.2. The smallest absolute Gasteiger partial charge is 0.184 e. The first kappa shape index (κ1) is 15.7. The lowest BCUT2D eigenvalue weighted by molar-refractivity contribution is 0.627. The highest BCUT2D eigenvalue weighted by Gasteiger charge is 2.08. The number of rotatable bonds is 4. The van der Waals surface area contributed by atoms with Gasteiger partial charge in [0.1, 0.15) is 5.82 Å². The van der Waals surface area contributed by atoms with Gasteiger partial charge in [0.05, 0.1) is 5.69 Å². The summed E-state index contributed by atoms with van der Waals surface area (Å²) in [5.74, 6) is 0.290. The van der Waals surface area contributed by atoms with Gasteiger partial charge < -0.3 is 0 Å². The molecule has 0 bridgehead atoms. The third-order valence-electron chi connectivity index (χ3n) is 2.90. The van der Waals surface area contributed by atoms with Crippen LogP contribution in [0.15, 0.2) is 52.9 Å². The van der Waals surface area contributed by atoms with Gasteiger partial charge in [-0.15, -0.1) is 5.10 Å². The molecule has 0 aliphatic carbocycles. The molecule has 0 saturated carbocycles. The van der Waals surface area contributed by atoms with Crippen molar-refractivity contribution in [1.29, 1.82) is 0 Å². The van der Waals surface area contributed by atoms with Gasteiger partial charge in [0.25, 0.3) is 0 Å². The summed E-state index contributed by atoms with van der Waals surface area (Å²) in [6.07, 6.45) is 0. The van der Waals surface area contributed by atoms with Crippen molar-refractivity contribution in [2.24, 2.45) is 0 Å². The van der Waals surface area contributed by atoms with Crippen LogP contribution in [0.3, 0.4) is 0 Å². The van der Waals surface area contributed by atoms with Gasteiger partial charge in [-0.3, -0.25) is 0 Å². The van der Waals surface area contributed by atoms with Gasteiger partial charge in [-0.1, -0.05) is 59.0 Å². The van der Waals surface area contributed by atoms with E-state index < -0.39 is 0 Å². The molecular weight excluding hydrogens is 359 g/mol. The molecular formula is C15H10ClFN2S3. The summed E-state index contributed by atoms with van der Waals surface area (Å²) >= 11 is 14.4. The Kier molecular flexibility index (Phi) is 4.93. The summed E-state index contributed by atoms with van der Waals surface area (Å²) in [5, 5.41) is 4.95. The molecule has 1 aromatic heterocycles. The van der Waals surface area contributed by atoms with Crippen LogP contribution in [0.4, 0.5) is 4.39 Å². The molecule has 112 valence electrons. The molecule has 0 aliphatic heterocycles. The Morgan fingerprint density at radius 1 is 1.23 bits per heavy atom. The fourth-order valence-electron chi connectivity index (χ4n) is 1.83. The first-order valence-electron chi connectivity index (χ1n) is 6.36. The summed E-state index contributed by atoms with van der Waals surface area (Å²) in [6.45, 7) is 0. The van der Waals surface area contributed by atoms with E-state index in [-0.39, 0.29) is 5.82 Å². The number of thioether (sulfide) groups is 1. The van der Waals surface area contributed by atoms with E-state index in [0.29, 0.717) is 14.7 Å². The molecule has 0 saturated heterocycles. The number of benzene rings is 2. The first-order chi connectivity index (χ1) is 10.6. The van der Waals surface area contributed by atoms with Crippen LogP contribution in [0.5, 0.6) is 0 Å². The monoisotopic (exact) mass is 368 g/mol. The van der Waals surface area contributed by atoms with Crippen LogP contribution in [0.1, 0.15) is 5.56 Å². The molecule has 3 aromatic rings. The summed E-state index contributed by atoms with van der Waals surface area (Å²) < 4.78 is 16.3. The minimum atomic E-state index is -0.331. The predicted molar refractivity (Wildman–Crippen MR) is 93.2 cm³/mol. The molecule has 0 N–H and O–H groups in total. The van der Waals surface area contributed by atoms with Gasteiger partial charge in [-0.25, -0.2) is 9.07 Å². The third-order valence-corrected chi connectivity index (χ3v) is 5.66. The van der Waals surface area contributed by atoms with Crippen LogP contribution >= 0.6 is 46.9 Å². The van der Waals surface area contributed by atoms with Crippen molar-refractivity contribution < 1.29 is 4.39 Å². The Hall–Kier alpha value is -1.21. The van der Waals surface area contributed by atoms with Crippen molar-refractivity contribution in [2.75, 3.05) is 0 Å². The maximum absolute atomic E-state index is 13.0. The van der Waals surface area contributed by atoms with Crippen molar-refractivity contribution in [2.45, 2.75) is 10.1 Å². The Morgan fingerprint density at radius 3 is 2.73 bits per heavy atom. The second kappa shape index (κ2) is 6.91. The molecule has 0 fully saturated rings. The summed E-state index contributed by atoms with van der Waals surface area (Å²) in [5.41, 5.74) is 1.82. The van der Waals surface area contributed by atoms with Crippen LogP contribution in [0, 0.1) is 9.77 Å². The number of hydrogen-bond acceptors (Lipinski definition) is 4. The van der Waals surface area contributed by atoms with Crippen LogP contribution in [-0.4, -0.2) is 9.78 Å². The average molecular weight is 369 g/mol. The number of aromatic nitrogens is 2. The summed E-state index contributed by atoms with van der Waals surface area (Å²) in [6, 6.07) is 14.2. The van der Waals surface area contributed by atoms with Crippen LogP contribution in [0.2, 0.25) is 5.02 Å². The number of nitrogens with zero attached hydrogens (tertiary/aromatic N) is 2. The standard InChI is InChI=1S/C15H10ClFN2S3/c16-13-8-11(17)7-6-10(13)9-21-14-18-19(15(20)22-14)12-4-2-1-3-5-12/h1-8H,9H2. The maximum atomic E-state index is 13.0. The van der Waals surface area contributed by atoms with Gasteiger partial charge in [0, 0.05) is 10.8 Å². The lowest BCUT2D eigenvalue weighted by Crippen LogP contribution is -1.95. The predicted octanol–water partition coefficient (Wildman–Crippen LogP) is 5.75. The van der Waals surface area contributed by atoms with Crippen molar-refractivity contribution >= 4 is 46.9 Å². The molecule has 2 nitrogen and oxygen atoms in total. The molecule has 0 aliphatic rings. The highest BCUT2D eigenvalue weighted by Crippen LogP contribution is 2.29. The molecule has 3 rings (SSSR count). The highest BCUT2D eigenvalue weighted by molar-refractivity contribution is 8.00. The molecule has 22 heavy (non-hydrogen) atoms. The van der Waals surface area contributed by atoms with E-state index in [1.165, 1.54) is 35.2 Å². The SMILES string of the molecule is Fc1ccc(CSc2nn(-c3ccccc3)c(=S)s2)c(Cl)c1. The zero-order chi connectivity index (χ0) is 15.5. The highest BCUT2D eigenvalue weighted by atomic mass is 35.5. The minimum absolute atomic E-state index is 0.331. The quantitative estimate of drug-likeness (QED) is 0.431. The van der Waals surface area contributed by atoms with Gasteiger partial charge in [0.15, 0.2) is 8.29 Å². The van der Waals surface area contributed by atoms with Crippen molar-refractivity contribution in [3.63, 3.8) is 0 Å². The number of hydrogen-bond donors (Lipinski definition) is 0. The summed E-state index contributed by atoms with van der Waals surface area (Å²) in [4.78, 5) is 0. The molecule has 0 spiro atoms. The van der Waals surface area contributed by atoms with Gasteiger partial charge in [-0.05, 0) is 42.0 Å². The molecule has 0 radical (unpaired) electrons. The fraction of sp³-hybridized carbons (Fsp3) is 0.0667.